The average Bonchev–Trinajstić information content (AvgIpc) is 3.26. The lowest BCUT2D eigenvalue weighted by molar-refractivity contribution is -0.136. The molecule has 3 heteroatoms. The third-order valence-electron chi connectivity index (χ3n) is 5.90. The maximum atomic E-state index is 12.4. The van der Waals surface area contributed by atoms with E-state index in [-0.39, 0.29) is 5.97 Å². The van der Waals surface area contributed by atoms with Crippen LogP contribution < -0.4 is 0 Å². The summed E-state index contributed by atoms with van der Waals surface area (Å²) in [6, 6.07) is 17.7. The maximum Gasteiger partial charge on any atom is 0.338 e. The second-order valence-corrected chi connectivity index (χ2v) is 8.53. The first kappa shape index (κ1) is 23.8. The van der Waals surface area contributed by atoms with Crippen molar-refractivity contribution in [2.45, 2.75) is 71.1 Å². The van der Waals surface area contributed by atoms with Gasteiger partial charge in [0.05, 0.1) is 12.2 Å². The Bertz CT molecular complexity index is 984. The average molecular weight is 433 g/mol. The van der Waals surface area contributed by atoms with Gasteiger partial charge in [0.1, 0.15) is 11.3 Å². The van der Waals surface area contributed by atoms with Crippen LogP contribution in [0.5, 0.6) is 0 Å². The molecular weight excluding hydrogens is 396 g/mol. The molecule has 3 aromatic rings. The molecule has 0 atom stereocenters. The first-order chi connectivity index (χ1) is 15.7. The molecule has 0 fully saturated rings. The second kappa shape index (κ2) is 12.9. The lowest BCUT2D eigenvalue weighted by Crippen LogP contribution is -2.07. The summed E-state index contributed by atoms with van der Waals surface area (Å²) in [4.78, 5) is 12.4. The van der Waals surface area contributed by atoms with E-state index >= 15 is 0 Å². The number of unbranched alkanes of at least 4 members (excludes halogenated alkanes) is 9. The Balaban J connectivity index is 1.39. The van der Waals surface area contributed by atoms with Crippen molar-refractivity contribution in [1.82, 2.24) is 0 Å². The lowest BCUT2D eigenvalue weighted by Gasteiger charge is -2.07. The third kappa shape index (κ3) is 7.12. The third-order valence-corrected chi connectivity index (χ3v) is 5.90. The summed E-state index contributed by atoms with van der Waals surface area (Å²) in [5.74, 6) is 0.460. The number of hydrogen-bond acceptors (Lipinski definition) is 3. The molecule has 3 rings (SSSR count). The highest BCUT2D eigenvalue weighted by Crippen LogP contribution is 2.29. The van der Waals surface area contributed by atoms with Gasteiger partial charge in [-0.15, -0.1) is 0 Å². The second-order valence-electron chi connectivity index (χ2n) is 8.53. The van der Waals surface area contributed by atoms with Gasteiger partial charge in [0.2, 0.25) is 0 Å². The predicted molar refractivity (Wildman–Crippen MR) is 133 cm³/mol. The van der Waals surface area contributed by atoms with Crippen LogP contribution in [-0.4, -0.2) is 12.6 Å². The summed E-state index contributed by atoms with van der Waals surface area (Å²) in [5.41, 5.74) is 2.88. The largest absolute Gasteiger partial charge is 0.462 e. The van der Waals surface area contributed by atoms with E-state index in [0.717, 1.165) is 40.7 Å². The first-order valence-corrected chi connectivity index (χ1v) is 12.1. The van der Waals surface area contributed by atoms with Crippen LogP contribution in [0, 0.1) is 0 Å². The number of rotatable bonds is 14. The van der Waals surface area contributed by atoms with Crippen molar-refractivity contribution in [2.24, 2.45) is 0 Å². The van der Waals surface area contributed by atoms with Crippen LogP contribution in [0.2, 0.25) is 0 Å². The standard InChI is InChI=1S/C29H36O3/c1-3-4-5-6-7-8-9-10-11-15-20-31-29(30)23(2)25-18-19-26-22-27(32-28(26)21-25)24-16-13-12-14-17-24/h12-14,16-19,21-22H,2-11,15,20H2,1H3. The van der Waals surface area contributed by atoms with Gasteiger partial charge >= 0.3 is 5.97 Å². The van der Waals surface area contributed by atoms with E-state index in [1.807, 2.05) is 54.6 Å². The Hall–Kier alpha value is -2.81. The first-order valence-electron chi connectivity index (χ1n) is 12.1. The molecule has 1 heterocycles. The van der Waals surface area contributed by atoms with Crippen molar-refractivity contribution in [2.75, 3.05) is 6.61 Å². The fourth-order valence-electron chi connectivity index (χ4n) is 3.92. The number of furan rings is 1. The lowest BCUT2D eigenvalue weighted by atomic mass is 10.1. The van der Waals surface area contributed by atoms with Crippen LogP contribution in [0.3, 0.4) is 0 Å². The van der Waals surface area contributed by atoms with Gasteiger partial charge in [-0.1, -0.05) is 114 Å². The van der Waals surface area contributed by atoms with Crippen LogP contribution in [0.4, 0.5) is 0 Å². The minimum atomic E-state index is -0.352. The molecule has 0 aliphatic carbocycles. The number of carbonyl (C=O) groups excluding carboxylic acids is 1. The van der Waals surface area contributed by atoms with Gasteiger partial charge in [-0.05, 0) is 24.1 Å². The fraction of sp³-hybridized carbons (Fsp3) is 0.414. The Morgan fingerprint density at radius 2 is 1.50 bits per heavy atom. The van der Waals surface area contributed by atoms with Crippen molar-refractivity contribution in [3.8, 4) is 11.3 Å². The Morgan fingerprint density at radius 3 is 2.19 bits per heavy atom. The molecule has 170 valence electrons. The molecule has 0 unspecified atom stereocenters. The SMILES string of the molecule is C=C(C(=O)OCCCCCCCCCCCC)c1ccc2cc(-c3ccccc3)oc2c1. The number of fused-ring (bicyclic) bond motifs is 1. The van der Waals surface area contributed by atoms with Crippen LogP contribution >= 0.6 is 0 Å². The number of carbonyl (C=O) groups is 1. The molecule has 0 aliphatic rings. The number of benzene rings is 2. The summed E-state index contributed by atoms with van der Waals surface area (Å²) < 4.78 is 11.5. The van der Waals surface area contributed by atoms with Gasteiger partial charge in [0, 0.05) is 10.9 Å². The smallest absolute Gasteiger partial charge is 0.338 e. The monoisotopic (exact) mass is 432 g/mol. The summed E-state index contributed by atoms with van der Waals surface area (Å²) in [5, 5.41) is 0.999. The molecule has 0 saturated heterocycles. The van der Waals surface area contributed by atoms with Crippen LogP contribution in [0.15, 0.2) is 65.6 Å². The van der Waals surface area contributed by atoms with E-state index in [1.165, 1.54) is 51.4 Å². The molecule has 0 amide bonds. The maximum absolute atomic E-state index is 12.4. The Morgan fingerprint density at radius 1 is 0.844 bits per heavy atom. The zero-order chi connectivity index (χ0) is 22.6. The van der Waals surface area contributed by atoms with Crippen molar-refractivity contribution in [1.29, 1.82) is 0 Å². The Labute approximate surface area is 192 Å². The number of ether oxygens (including phenoxy) is 1. The summed E-state index contributed by atoms with van der Waals surface area (Å²) in [6.45, 7) is 6.66. The molecule has 1 aromatic heterocycles. The summed E-state index contributed by atoms with van der Waals surface area (Å²) >= 11 is 0. The molecular formula is C29H36O3. The highest BCUT2D eigenvalue weighted by molar-refractivity contribution is 6.16. The molecule has 0 spiro atoms. The van der Waals surface area contributed by atoms with Gasteiger partial charge in [-0.25, -0.2) is 4.79 Å². The van der Waals surface area contributed by atoms with Crippen LogP contribution in [-0.2, 0) is 9.53 Å². The van der Waals surface area contributed by atoms with Crippen LogP contribution in [0.1, 0.15) is 76.7 Å². The quantitative estimate of drug-likeness (QED) is 0.145. The van der Waals surface area contributed by atoms with E-state index in [0.29, 0.717) is 12.2 Å². The van der Waals surface area contributed by atoms with Gasteiger partial charge in [-0.3, -0.25) is 0 Å². The topological polar surface area (TPSA) is 39.4 Å². The van der Waals surface area contributed by atoms with E-state index in [2.05, 4.69) is 13.5 Å². The molecule has 0 bridgehead atoms. The molecule has 3 nitrogen and oxygen atoms in total. The van der Waals surface area contributed by atoms with Crippen molar-refractivity contribution in [3.63, 3.8) is 0 Å². The van der Waals surface area contributed by atoms with Crippen molar-refractivity contribution < 1.29 is 13.9 Å². The number of hydrogen-bond donors (Lipinski definition) is 0. The van der Waals surface area contributed by atoms with Gasteiger partial charge < -0.3 is 9.15 Å². The van der Waals surface area contributed by atoms with Gasteiger partial charge in [0.25, 0.3) is 0 Å². The van der Waals surface area contributed by atoms with E-state index in [9.17, 15) is 4.79 Å². The molecule has 32 heavy (non-hydrogen) atoms. The molecule has 0 N–H and O–H groups in total. The molecule has 0 radical (unpaired) electrons. The van der Waals surface area contributed by atoms with Crippen LogP contribution in [0.25, 0.3) is 27.9 Å². The zero-order valence-electron chi connectivity index (χ0n) is 19.4. The van der Waals surface area contributed by atoms with Gasteiger partial charge in [0.15, 0.2) is 0 Å². The van der Waals surface area contributed by atoms with E-state index < -0.39 is 0 Å². The van der Waals surface area contributed by atoms with E-state index in [4.69, 9.17) is 9.15 Å². The predicted octanol–water partition coefficient (Wildman–Crippen LogP) is 8.58. The summed E-state index contributed by atoms with van der Waals surface area (Å²) in [6.07, 6.45) is 12.6. The van der Waals surface area contributed by atoms with Crippen molar-refractivity contribution in [3.05, 3.63) is 66.7 Å². The number of esters is 1. The molecule has 0 aliphatic heterocycles. The van der Waals surface area contributed by atoms with Crippen molar-refractivity contribution >= 4 is 22.5 Å². The van der Waals surface area contributed by atoms with E-state index in [1.54, 1.807) is 0 Å². The normalized spacial score (nSPS) is 11.0. The molecule has 0 saturated carbocycles. The van der Waals surface area contributed by atoms with Gasteiger partial charge in [-0.2, -0.15) is 0 Å². The Kier molecular flexibility index (Phi) is 9.61. The minimum Gasteiger partial charge on any atom is -0.462 e. The highest BCUT2D eigenvalue weighted by atomic mass is 16.5. The minimum absolute atomic E-state index is 0.352. The zero-order valence-corrected chi connectivity index (χ0v) is 19.4. The highest BCUT2D eigenvalue weighted by Gasteiger charge is 2.13. The molecule has 2 aromatic carbocycles. The fourth-order valence-corrected chi connectivity index (χ4v) is 3.92. The summed E-state index contributed by atoms with van der Waals surface area (Å²) in [7, 11) is 0.